The molecule has 1 aromatic heterocycles. The van der Waals surface area contributed by atoms with Crippen molar-refractivity contribution in [2.24, 2.45) is 0 Å². The second kappa shape index (κ2) is 5.68. The van der Waals surface area contributed by atoms with Crippen molar-refractivity contribution < 1.29 is 27.3 Å². The lowest BCUT2D eigenvalue weighted by Gasteiger charge is -2.16. The maximum Gasteiger partial charge on any atom is 0.298 e. The number of aryl methyl sites for hydroxylation is 1. The molecule has 1 aromatic carbocycles. The Morgan fingerprint density at radius 2 is 1.81 bits per heavy atom. The van der Waals surface area contributed by atoms with Crippen LogP contribution in [0.5, 0.6) is 5.75 Å². The minimum atomic E-state index is -4.57. The quantitative estimate of drug-likeness (QED) is 0.491. The fourth-order valence-electron chi connectivity index (χ4n) is 2.78. The third-order valence-corrected chi connectivity index (χ3v) is 4.83. The Kier molecular flexibility index (Phi) is 3.85. The number of imide groups is 1. The van der Waals surface area contributed by atoms with Gasteiger partial charge in [-0.1, -0.05) is 0 Å². The van der Waals surface area contributed by atoms with Crippen molar-refractivity contribution in [3.63, 3.8) is 0 Å². The first-order valence-electron chi connectivity index (χ1n) is 7.14. The molecule has 2 heterocycles. The minimum absolute atomic E-state index is 0.131. The first-order chi connectivity index (χ1) is 12.1. The Morgan fingerprint density at radius 3 is 2.38 bits per heavy atom. The van der Waals surface area contributed by atoms with Crippen LogP contribution in [0.2, 0.25) is 0 Å². The molecule has 2 amide bonds. The van der Waals surface area contributed by atoms with Gasteiger partial charge in [-0.2, -0.15) is 8.42 Å². The number of carbonyl (C=O) groups is 2. The van der Waals surface area contributed by atoms with E-state index in [0.717, 1.165) is 16.7 Å². The molecule has 4 N–H and O–H groups in total. The summed E-state index contributed by atoms with van der Waals surface area (Å²) in [6.07, 6.45) is 0. The molecule has 0 radical (unpaired) electrons. The number of nitrogens with one attached hydrogen (secondary N) is 1. The molecule has 0 unspecified atom stereocenters. The van der Waals surface area contributed by atoms with Gasteiger partial charge in [0.05, 0.1) is 23.9 Å². The number of rotatable bonds is 3. The lowest BCUT2D eigenvalue weighted by Crippen LogP contribution is -2.25. The van der Waals surface area contributed by atoms with Crippen LogP contribution in [-0.4, -0.2) is 36.5 Å². The molecule has 0 spiro atoms. The predicted octanol–water partition coefficient (Wildman–Crippen LogP) is -0.133. The Morgan fingerprint density at radius 1 is 1.15 bits per heavy atom. The van der Waals surface area contributed by atoms with Gasteiger partial charge in [-0.05, 0) is 18.6 Å². The number of nitrogen functional groups attached to an aromatic ring is 1. The molecule has 0 saturated heterocycles. The van der Waals surface area contributed by atoms with E-state index in [1.807, 2.05) is 5.32 Å². The normalized spacial score (nSPS) is 13.5. The van der Waals surface area contributed by atoms with Crippen LogP contribution < -0.4 is 21.3 Å². The largest absolute Gasteiger partial charge is 0.495 e. The van der Waals surface area contributed by atoms with Gasteiger partial charge in [0, 0.05) is 12.1 Å². The van der Waals surface area contributed by atoms with Crippen LogP contribution in [0.4, 0.5) is 5.82 Å². The van der Waals surface area contributed by atoms with E-state index in [2.05, 4.69) is 0 Å². The van der Waals surface area contributed by atoms with Crippen molar-refractivity contribution in [3.8, 4) is 11.4 Å². The molecular weight excluding hydrogens is 366 g/mol. The smallest absolute Gasteiger partial charge is 0.298 e. The second-order valence-electron chi connectivity index (χ2n) is 5.54. The Hall–Kier alpha value is -3.18. The van der Waals surface area contributed by atoms with Crippen molar-refractivity contribution in [3.05, 3.63) is 45.2 Å². The molecule has 0 saturated carbocycles. The summed E-state index contributed by atoms with van der Waals surface area (Å²) in [4.78, 5) is 35.6. The van der Waals surface area contributed by atoms with Crippen molar-refractivity contribution >= 4 is 27.8 Å². The number of fused-ring (bicyclic) bond motifs is 1. The number of amides is 2. The van der Waals surface area contributed by atoms with Gasteiger partial charge in [-0.3, -0.25) is 28.8 Å². The van der Waals surface area contributed by atoms with Crippen molar-refractivity contribution in [1.29, 1.82) is 0 Å². The summed E-state index contributed by atoms with van der Waals surface area (Å²) in [5.74, 6) is -1.96. The van der Waals surface area contributed by atoms with E-state index < -0.39 is 32.4 Å². The predicted molar refractivity (Wildman–Crippen MR) is 89.4 cm³/mol. The molecule has 0 atom stereocenters. The molecule has 3 rings (SSSR count). The Balaban J connectivity index is 2.36. The highest BCUT2D eigenvalue weighted by atomic mass is 32.2. The molecule has 11 heteroatoms. The number of hydrogen-bond acceptors (Lipinski definition) is 7. The summed E-state index contributed by atoms with van der Waals surface area (Å²) >= 11 is 0. The molecule has 26 heavy (non-hydrogen) atoms. The molecule has 1 aliphatic heterocycles. The van der Waals surface area contributed by atoms with Gasteiger partial charge < -0.3 is 10.5 Å². The number of aromatic nitrogens is 1. The van der Waals surface area contributed by atoms with Crippen molar-refractivity contribution in [2.45, 2.75) is 11.8 Å². The molecule has 1 aliphatic rings. The number of nitrogens with two attached hydrogens (primary N) is 1. The van der Waals surface area contributed by atoms with E-state index in [4.69, 9.17) is 10.5 Å². The minimum Gasteiger partial charge on any atom is -0.495 e. The average Bonchev–Trinajstić information content (AvgIpc) is 2.81. The van der Waals surface area contributed by atoms with Crippen molar-refractivity contribution in [2.75, 3.05) is 12.8 Å². The summed E-state index contributed by atoms with van der Waals surface area (Å²) in [6, 6.07) is 3.26. The third kappa shape index (κ3) is 2.53. The molecule has 2 aromatic rings. The van der Waals surface area contributed by atoms with Crippen LogP contribution in [0.25, 0.3) is 5.69 Å². The first-order valence-corrected chi connectivity index (χ1v) is 8.58. The van der Waals surface area contributed by atoms with Gasteiger partial charge in [0.15, 0.2) is 0 Å². The van der Waals surface area contributed by atoms with E-state index in [1.54, 1.807) is 0 Å². The molecule has 10 nitrogen and oxygen atoms in total. The van der Waals surface area contributed by atoms with Gasteiger partial charge in [-0.15, -0.1) is 0 Å². The monoisotopic (exact) mass is 379 g/mol. The number of anilines is 1. The summed E-state index contributed by atoms with van der Waals surface area (Å²) < 4.78 is 38.2. The summed E-state index contributed by atoms with van der Waals surface area (Å²) in [5, 5.41) is 2.05. The summed E-state index contributed by atoms with van der Waals surface area (Å²) in [7, 11) is -3.38. The lowest BCUT2D eigenvalue weighted by molar-refractivity contribution is 0.0880. The fourth-order valence-corrected chi connectivity index (χ4v) is 3.50. The average molecular weight is 379 g/mol. The van der Waals surface area contributed by atoms with Gasteiger partial charge >= 0.3 is 0 Å². The van der Waals surface area contributed by atoms with E-state index in [1.165, 1.54) is 20.1 Å². The molecule has 0 aliphatic carbocycles. The molecule has 0 bridgehead atoms. The van der Waals surface area contributed by atoms with Crippen LogP contribution in [0, 0.1) is 6.92 Å². The number of pyridine rings is 1. The van der Waals surface area contributed by atoms with Gasteiger partial charge in [0.25, 0.3) is 27.5 Å². The SMILES string of the molecule is COc1cc(-n2c(N)c3c(cc2=O)C(=O)NC3=O)c(C)cc1S(=O)(=O)O. The maximum absolute atomic E-state index is 12.5. The zero-order valence-electron chi connectivity index (χ0n) is 13.6. The highest BCUT2D eigenvalue weighted by Crippen LogP contribution is 2.31. The van der Waals surface area contributed by atoms with E-state index in [-0.39, 0.29) is 33.9 Å². The zero-order chi connectivity index (χ0) is 19.4. The van der Waals surface area contributed by atoms with Crippen molar-refractivity contribution in [1.82, 2.24) is 9.88 Å². The number of benzene rings is 1. The van der Waals surface area contributed by atoms with E-state index in [9.17, 15) is 27.4 Å². The number of methoxy groups -OCH3 is 1. The lowest BCUT2D eigenvalue weighted by atomic mass is 10.1. The van der Waals surface area contributed by atoms with Crippen LogP contribution in [-0.2, 0) is 10.1 Å². The standard InChI is InChI=1S/C15H13N3O7S/c1-6-3-10(26(22,23)24)9(25-2)5-8(6)18-11(19)4-7-12(13(18)16)15(21)17-14(7)20/h3-5H,16H2,1-2H3,(H,17,20,21)(H,22,23,24). The molecule has 0 fully saturated rings. The summed E-state index contributed by atoms with van der Waals surface area (Å²) in [6.45, 7) is 1.48. The third-order valence-electron chi connectivity index (χ3n) is 3.95. The van der Waals surface area contributed by atoms with Gasteiger partial charge in [-0.25, -0.2) is 0 Å². The molecule has 136 valence electrons. The topological polar surface area (TPSA) is 158 Å². The van der Waals surface area contributed by atoms with Crippen LogP contribution >= 0.6 is 0 Å². The highest BCUT2D eigenvalue weighted by Gasteiger charge is 2.32. The van der Waals surface area contributed by atoms with E-state index in [0.29, 0.717) is 0 Å². The first kappa shape index (κ1) is 17.6. The highest BCUT2D eigenvalue weighted by molar-refractivity contribution is 7.86. The second-order valence-corrected chi connectivity index (χ2v) is 6.93. The fraction of sp³-hybridized carbons (Fsp3) is 0.133. The van der Waals surface area contributed by atoms with Crippen LogP contribution in [0.1, 0.15) is 26.3 Å². The van der Waals surface area contributed by atoms with Gasteiger partial charge in [0.2, 0.25) is 0 Å². The number of nitrogens with zero attached hydrogens (tertiary/aromatic N) is 1. The number of ether oxygens (including phenoxy) is 1. The zero-order valence-corrected chi connectivity index (χ0v) is 14.4. The Bertz CT molecular complexity index is 1150. The Labute approximate surface area is 146 Å². The maximum atomic E-state index is 12.5. The van der Waals surface area contributed by atoms with Crippen LogP contribution in [0.3, 0.4) is 0 Å². The number of carbonyl (C=O) groups excluding carboxylic acids is 2. The molecular formula is C15H13N3O7S. The van der Waals surface area contributed by atoms with Crippen LogP contribution in [0.15, 0.2) is 27.9 Å². The summed E-state index contributed by atoms with van der Waals surface area (Å²) in [5.41, 5.74) is 5.36. The van der Waals surface area contributed by atoms with E-state index >= 15 is 0 Å². The van der Waals surface area contributed by atoms with Gasteiger partial charge in [0.1, 0.15) is 16.5 Å². The number of hydrogen-bond donors (Lipinski definition) is 3.